The van der Waals surface area contributed by atoms with Crippen LogP contribution in [0.1, 0.15) is 17.0 Å². The predicted molar refractivity (Wildman–Crippen MR) is 90.0 cm³/mol. The standard InChI is InChI=1S/C17H16FN3O2S/c1-12-4-2-5-16(21-12)17(8-3-9-20-11-17)13-6-7-15(14(18)10-13)24(19,22)23/h2-10H,11H2,1H3,(H2,19,22,23). The first kappa shape index (κ1) is 16.5. The average Bonchev–Trinajstić information content (AvgIpc) is 2.54. The fraction of sp³-hybridized carbons (Fsp3) is 0.176. The highest BCUT2D eigenvalue weighted by atomic mass is 32.2. The number of nitrogens with two attached hydrogens (primary N) is 1. The van der Waals surface area contributed by atoms with Crippen LogP contribution < -0.4 is 5.14 Å². The molecule has 3 rings (SSSR count). The summed E-state index contributed by atoms with van der Waals surface area (Å²) in [6.07, 6.45) is 5.34. The maximum atomic E-state index is 14.3. The molecule has 1 atom stereocenters. The SMILES string of the molecule is Cc1cccc(C2(c3ccc(S(N)(=O)=O)c(F)c3)C=CC=NC2)n1. The van der Waals surface area contributed by atoms with Crippen LogP contribution in [0, 0.1) is 12.7 Å². The van der Waals surface area contributed by atoms with Crippen molar-refractivity contribution in [2.75, 3.05) is 6.54 Å². The second-order valence-electron chi connectivity index (χ2n) is 5.67. The highest BCUT2D eigenvalue weighted by Gasteiger charge is 2.35. The van der Waals surface area contributed by atoms with Crippen molar-refractivity contribution in [1.82, 2.24) is 4.98 Å². The first-order chi connectivity index (χ1) is 11.3. The van der Waals surface area contributed by atoms with E-state index in [2.05, 4.69) is 9.98 Å². The van der Waals surface area contributed by atoms with Crippen LogP contribution in [-0.2, 0) is 15.4 Å². The van der Waals surface area contributed by atoms with Crippen LogP contribution in [0.2, 0.25) is 0 Å². The molecule has 1 aliphatic heterocycles. The van der Waals surface area contributed by atoms with Crippen LogP contribution in [0.4, 0.5) is 4.39 Å². The number of aryl methyl sites for hydroxylation is 1. The molecule has 2 aromatic rings. The molecular formula is C17H16FN3O2S. The number of aromatic nitrogens is 1. The number of nitrogens with zero attached hydrogens (tertiary/aromatic N) is 2. The molecule has 1 unspecified atom stereocenters. The Bertz CT molecular complexity index is 954. The van der Waals surface area contributed by atoms with E-state index in [0.717, 1.165) is 11.4 Å². The third-order valence-corrected chi connectivity index (χ3v) is 4.96. The summed E-state index contributed by atoms with van der Waals surface area (Å²) >= 11 is 0. The topological polar surface area (TPSA) is 85.4 Å². The van der Waals surface area contributed by atoms with Gasteiger partial charge in [0.1, 0.15) is 10.7 Å². The number of primary sulfonamides is 1. The molecule has 0 saturated carbocycles. The number of sulfonamides is 1. The maximum Gasteiger partial charge on any atom is 0.240 e. The monoisotopic (exact) mass is 345 g/mol. The van der Waals surface area contributed by atoms with Gasteiger partial charge in [0.25, 0.3) is 0 Å². The molecule has 2 heterocycles. The summed E-state index contributed by atoms with van der Waals surface area (Å²) in [4.78, 5) is 8.33. The molecule has 24 heavy (non-hydrogen) atoms. The fourth-order valence-corrected chi connectivity index (χ4v) is 3.41. The van der Waals surface area contributed by atoms with E-state index in [1.807, 2.05) is 31.2 Å². The van der Waals surface area contributed by atoms with Gasteiger partial charge in [-0.2, -0.15) is 0 Å². The number of pyridine rings is 1. The van der Waals surface area contributed by atoms with Gasteiger partial charge in [0.05, 0.1) is 17.7 Å². The van der Waals surface area contributed by atoms with Crippen LogP contribution in [-0.4, -0.2) is 26.2 Å². The number of halogens is 1. The molecule has 1 aromatic heterocycles. The Morgan fingerprint density at radius 2 is 2.04 bits per heavy atom. The van der Waals surface area contributed by atoms with Gasteiger partial charge in [-0.3, -0.25) is 9.98 Å². The lowest BCUT2D eigenvalue weighted by Crippen LogP contribution is -2.32. The Balaban J connectivity index is 2.20. The molecular weight excluding hydrogens is 329 g/mol. The lowest BCUT2D eigenvalue weighted by atomic mass is 9.76. The predicted octanol–water partition coefficient (Wildman–Crippen LogP) is 2.10. The quantitative estimate of drug-likeness (QED) is 0.924. The lowest BCUT2D eigenvalue weighted by molar-refractivity contribution is 0.559. The molecule has 0 bridgehead atoms. The zero-order chi connectivity index (χ0) is 17.4. The summed E-state index contributed by atoms with van der Waals surface area (Å²) in [5.74, 6) is -0.884. The van der Waals surface area contributed by atoms with Gasteiger partial charge in [-0.15, -0.1) is 0 Å². The van der Waals surface area contributed by atoms with E-state index in [0.29, 0.717) is 12.1 Å². The Morgan fingerprint density at radius 3 is 2.62 bits per heavy atom. The van der Waals surface area contributed by atoms with Gasteiger partial charge in [-0.05, 0) is 42.8 Å². The molecule has 7 heteroatoms. The molecule has 0 fully saturated rings. The Morgan fingerprint density at radius 1 is 1.25 bits per heavy atom. The maximum absolute atomic E-state index is 14.3. The molecule has 0 aliphatic carbocycles. The number of aliphatic imine (C=N–C) groups is 1. The van der Waals surface area contributed by atoms with Crippen LogP contribution >= 0.6 is 0 Å². The van der Waals surface area contributed by atoms with E-state index in [4.69, 9.17) is 5.14 Å². The van der Waals surface area contributed by atoms with Gasteiger partial charge >= 0.3 is 0 Å². The summed E-state index contributed by atoms with van der Waals surface area (Å²) < 4.78 is 37.2. The smallest absolute Gasteiger partial charge is 0.240 e. The molecule has 1 aliphatic rings. The minimum Gasteiger partial charge on any atom is -0.292 e. The van der Waals surface area contributed by atoms with E-state index in [9.17, 15) is 12.8 Å². The number of hydrogen-bond acceptors (Lipinski definition) is 4. The van der Waals surface area contributed by atoms with Crippen LogP contribution in [0.15, 0.2) is 58.4 Å². The third kappa shape index (κ3) is 2.88. The van der Waals surface area contributed by atoms with Gasteiger partial charge in [0, 0.05) is 11.9 Å². The molecule has 0 saturated heterocycles. The van der Waals surface area contributed by atoms with Crippen molar-refractivity contribution in [3.63, 3.8) is 0 Å². The summed E-state index contributed by atoms with van der Waals surface area (Å²) in [6.45, 7) is 2.23. The molecule has 1 aromatic carbocycles. The molecule has 0 amide bonds. The molecule has 2 N–H and O–H groups in total. The minimum atomic E-state index is -4.11. The van der Waals surface area contributed by atoms with Crippen molar-refractivity contribution < 1.29 is 12.8 Å². The largest absolute Gasteiger partial charge is 0.292 e. The highest BCUT2D eigenvalue weighted by Crippen LogP contribution is 2.35. The Labute approximate surface area is 139 Å². The van der Waals surface area contributed by atoms with Crippen molar-refractivity contribution in [2.24, 2.45) is 10.1 Å². The normalized spacial score (nSPS) is 20.3. The van der Waals surface area contributed by atoms with Gasteiger partial charge in [-0.25, -0.2) is 17.9 Å². The number of benzene rings is 1. The van der Waals surface area contributed by atoms with Crippen molar-refractivity contribution in [3.05, 3.63) is 71.3 Å². The van der Waals surface area contributed by atoms with E-state index in [1.54, 1.807) is 18.4 Å². The van der Waals surface area contributed by atoms with E-state index in [-0.39, 0.29) is 0 Å². The fourth-order valence-electron chi connectivity index (χ4n) is 2.82. The first-order valence-corrected chi connectivity index (χ1v) is 8.82. The lowest BCUT2D eigenvalue weighted by Gasteiger charge is -2.31. The van der Waals surface area contributed by atoms with Crippen LogP contribution in [0.3, 0.4) is 0 Å². The van der Waals surface area contributed by atoms with Gasteiger partial charge in [0.2, 0.25) is 10.0 Å². The van der Waals surface area contributed by atoms with Crippen LogP contribution in [0.5, 0.6) is 0 Å². The van der Waals surface area contributed by atoms with Gasteiger partial charge in [0.15, 0.2) is 0 Å². The minimum absolute atomic E-state index is 0.355. The zero-order valence-electron chi connectivity index (χ0n) is 13.0. The average molecular weight is 345 g/mol. The zero-order valence-corrected chi connectivity index (χ0v) is 13.8. The van der Waals surface area contributed by atoms with Crippen LogP contribution in [0.25, 0.3) is 0 Å². The first-order valence-electron chi connectivity index (χ1n) is 7.27. The van der Waals surface area contributed by atoms with Crippen molar-refractivity contribution in [2.45, 2.75) is 17.2 Å². The highest BCUT2D eigenvalue weighted by molar-refractivity contribution is 7.89. The third-order valence-electron chi connectivity index (χ3n) is 4.01. The van der Waals surface area contributed by atoms with Gasteiger partial charge < -0.3 is 0 Å². The summed E-state index contributed by atoms with van der Waals surface area (Å²) in [6, 6.07) is 9.53. The summed E-state index contributed by atoms with van der Waals surface area (Å²) in [5.41, 5.74) is 1.37. The number of allylic oxidation sites excluding steroid dienone is 1. The molecule has 0 radical (unpaired) electrons. The second-order valence-corrected chi connectivity index (χ2v) is 7.20. The number of rotatable bonds is 3. The van der Waals surface area contributed by atoms with E-state index < -0.39 is 26.2 Å². The number of hydrogen-bond donors (Lipinski definition) is 1. The molecule has 124 valence electrons. The van der Waals surface area contributed by atoms with Crippen molar-refractivity contribution in [3.8, 4) is 0 Å². The van der Waals surface area contributed by atoms with Gasteiger partial charge in [-0.1, -0.05) is 18.2 Å². The van der Waals surface area contributed by atoms with Crippen molar-refractivity contribution >= 4 is 16.2 Å². The van der Waals surface area contributed by atoms with E-state index in [1.165, 1.54) is 12.1 Å². The number of dihydropyridines is 1. The summed E-state index contributed by atoms with van der Waals surface area (Å²) in [5, 5.41) is 5.03. The Hall–Kier alpha value is -2.38. The molecule has 5 nitrogen and oxygen atoms in total. The molecule has 0 spiro atoms. The van der Waals surface area contributed by atoms with E-state index >= 15 is 0 Å². The Kier molecular flexibility index (Phi) is 4.06. The van der Waals surface area contributed by atoms with Crippen molar-refractivity contribution in [1.29, 1.82) is 0 Å². The second kappa shape index (κ2) is 5.92. The summed E-state index contributed by atoms with van der Waals surface area (Å²) in [7, 11) is -4.11.